The maximum Gasteiger partial charge on any atom is 0.129 e. The van der Waals surface area contributed by atoms with Gasteiger partial charge in [-0.15, -0.1) is 0 Å². The Morgan fingerprint density at radius 1 is 1.17 bits per heavy atom. The molecule has 0 saturated carbocycles. The van der Waals surface area contributed by atoms with E-state index >= 15 is 0 Å². The van der Waals surface area contributed by atoms with Crippen molar-refractivity contribution in [1.82, 2.24) is 19.6 Å². The van der Waals surface area contributed by atoms with Crippen molar-refractivity contribution in [3.8, 4) is 0 Å². The molecule has 2 heterocycles. The summed E-state index contributed by atoms with van der Waals surface area (Å²) in [4.78, 5) is 4.40. The average Bonchev–Trinajstić information content (AvgIpc) is 2.96. The Kier molecular flexibility index (Phi) is 5.23. The smallest absolute Gasteiger partial charge is 0.129 e. The van der Waals surface area contributed by atoms with Gasteiger partial charge in [-0.1, -0.05) is 0 Å². The summed E-state index contributed by atoms with van der Waals surface area (Å²) in [5, 5.41) is 14.4. The number of aromatic nitrogens is 2. The SMILES string of the molecule is Cn1cc(CN2CCN(C[C@@H](O)c3cc(F)ccc3F)CC2)cn1. The van der Waals surface area contributed by atoms with Crippen molar-refractivity contribution < 1.29 is 13.9 Å². The van der Waals surface area contributed by atoms with E-state index in [1.807, 2.05) is 19.4 Å². The van der Waals surface area contributed by atoms with Crippen LogP contribution in [0.2, 0.25) is 0 Å². The molecule has 24 heavy (non-hydrogen) atoms. The number of hydrogen-bond donors (Lipinski definition) is 1. The Bertz CT molecular complexity index is 683. The van der Waals surface area contributed by atoms with E-state index in [1.54, 1.807) is 4.68 Å². The molecule has 130 valence electrons. The van der Waals surface area contributed by atoms with Crippen molar-refractivity contribution in [3.05, 3.63) is 53.4 Å². The van der Waals surface area contributed by atoms with Crippen LogP contribution in [0.5, 0.6) is 0 Å². The number of aryl methyl sites for hydroxylation is 1. The number of piperazine rings is 1. The molecule has 0 unspecified atom stereocenters. The Balaban J connectivity index is 1.50. The molecule has 0 aliphatic carbocycles. The van der Waals surface area contributed by atoms with E-state index in [4.69, 9.17) is 0 Å². The lowest BCUT2D eigenvalue weighted by Gasteiger charge is -2.35. The first-order valence-electron chi connectivity index (χ1n) is 8.06. The first kappa shape index (κ1) is 17.0. The highest BCUT2D eigenvalue weighted by atomic mass is 19.1. The van der Waals surface area contributed by atoms with Crippen LogP contribution in [-0.2, 0) is 13.6 Å². The van der Waals surface area contributed by atoms with Gasteiger partial charge in [0.05, 0.1) is 12.3 Å². The maximum atomic E-state index is 13.7. The largest absolute Gasteiger partial charge is 0.387 e. The number of benzene rings is 1. The number of halogens is 2. The third-order valence-electron chi connectivity index (χ3n) is 4.38. The second-order valence-corrected chi connectivity index (χ2v) is 6.28. The van der Waals surface area contributed by atoms with Crippen LogP contribution in [0, 0.1) is 11.6 Å². The maximum absolute atomic E-state index is 13.7. The second kappa shape index (κ2) is 7.38. The third kappa shape index (κ3) is 4.17. The minimum Gasteiger partial charge on any atom is -0.387 e. The van der Waals surface area contributed by atoms with Gasteiger partial charge < -0.3 is 5.11 Å². The molecule has 0 spiro atoms. The van der Waals surface area contributed by atoms with Crippen LogP contribution in [0.15, 0.2) is 30.6 Å². The van der Waals surface area contributed by atoms with Crippen LogP contribution < -0.4 is 0 Å². The van der Waals surface area contributed by atoms with Gasteiger partial charge in [0.1, 0.15) is 11.6 Å². The number of β-amino-alcohol motifs (C(OH)–C–C–N with tert-alkyl or cyclic N) is 1. The summed E-state index contributed by atoms with van der Waals surface area (Å²) in [6.45, 7) is 4.47. The highest BCUT2D eigenvalue weighted by Gasteiger charge is 2.22. The zero-order valence-electron chi connectivity index (χ0n) is 13.7. The summed E-state index contributed by atoms with van der Waals surface area (Å²) in [6.07, 6.45) is 2.84. The van der Waals surface area contributed by atoms with Crippen molar-refractivity contribution in [3.63, 3.8) is 0 Å². The Morgan fingerprint density at radius 2 is 1.88 bits per heavy atom. The van der Waals surface area contributed by atoms with Gasteiger partial charge in [-0.2, -0.15) is 5.10 Å². The molecule has 1 aliphatic rings. The number of hydrogen-bond acceptors (Lipinski definition) is 4. The normalized spacial score (nSPS) is 18.0. The van der Waals surface area contributed by atoms with E-state index < -0.39 is 17.7 Å². The van der Waals surface area contributed by atoms with Crippen molar-refractivity contribution in [2.75, 3.05) is 32.7 Å². The van der Waals surface area contributed by atoms with E-state index in [0.717, 1.165) is 50.9 Å². The Labute approximate surface area is 140 Å². The molecule has 0 radical (unpaired) electrons. The Hall–Kier alpha value is -1.83. The summed E-state index contributed by atoms with van der Waals surface area (Å²) in [6, 6.07) is 3.18. The molecule has 7 heteroatoms. The Morgan fingerprint density at radius 3 is 2.54 bits per heavy atom. The van der Waals surface area contributed by atoms with Crippen LogP contribution in [0.25, 0.3) is 0 Å². The number of aliphatic hydroxyl groups excluding tert-OH is 1. The summed E-state index contributed by atoms with van der Waals surface area (Å²) >= 11 is 0. The zero-order chi connectivity index (χ0) is 17.1. The molecule has 1 aromatic heterocycles. The van der Waals surface area contributed by atoms with Gasteiger partial charge in [0.2, 0.25) is 0 Å². The summed E-state index contributed by atoms with van der Waals surface area (Å²) in [5.41, 5.74) is 1.20. The fraction of sp³-hybridized carbons (Fsp3) is 0.471. The van der Waals surface area contributed by atoms with Crippen LogP contribution in [-0.4, -0.2) is 57.4 Å². The zero-order valence-corrected chi connectivity index (χ0v) is 13.7. The summed E-state index contributed by atoms with van der Waals surface area (Å²) in [5.74, 6) is -1.11. The average molecular weight is 336 g/mol. The molecule has 0 bridgehead atoms. The highest BCUT2D eigenvalue weighted by Crippen LogP contribution is 2.20. The minimum atomic E-state index is -1.02. The van der Waals surface area contributed by atoms with E-state index in [2.05, 4.69) is 14.9 Å². The van der Waals surface area contributed by atoms with E-state index in [9.17, 15) is 13.9 Å². The molecule has 3 rings (SSSR count). The monoisotopic (exact) mass is 336 g/mol. The molecular weight excluding hydrogens is 314 g/mol. The molecular formula is C17H22F2N4O. The first-order valence-corrected chi connectivity index (χ1v) is 8.06. The van der Waals surface area contributed by atoms with E-state index in [0.29, 0.717) is 6.54 Å². The standard InChI is InChI=1S/C17H22F2N4O/c1-21-10-13(9-20-21)11-22-4-6-23(7-5-22)12-17(24)15-8-14(18)2-3-16(15)19/h2-3,8-10,17,24H,4-7,11-12H2,1H3/t17-/m1/s1. The van der Waals surface area contributed by atoms with Gasteiger partial charge >= 0.3 is 0 Å². The molecule has 1 saturated heterocycles. The van der Waals surface area contributed by atoms with Crippen molar-refractivity contribution >= 4 is 0 Å². The number of rotatable bonds is 5. The lowest BCUT2D eigenvalue weighted by molar-refractivity contribution is 0.0683. The fourth-order valence-corrected chi connectivity index (χ4v) is 3.05. The molecule has 1 N–H and O–H groups in total. The van der Waals surface area contributed by atoms with Crippen LogP contribution in [0.1, 0.15) is 17.2 Å². The van der Waals surface area contributed by atoms with Gasteiger partial charge in [-0.3, -0.25) is 14.5 Å². The van der Waals surface area contributed by atoms with Gasteiger partial charge in [0.15, 0.2) is 0 Å². The lowest BCUT2D eigenvalue weighted by Crippen LogP contribution is -2.47. The molecule has 5 nitrogen and oxygen atoms in total. The van der Waals surface area contributed by atoms with E-state index in [1.165, 1.54) is 5.56 Å². The number of nitrogens with zero attached hydrogens (tertiary/aromatic N) is 4. The highest BCUT2D eigenvalue weighted by molar-refractivity contribution is 5.21. The van der Waals surface area contributed by atoms with Crippen molar-refractivity contribution in [1.29, 1.82) is 0 Å². The topological polar surface area (TPSA) is 44.5 Å². The quantitative estimate of drug-likeness (QED) is 0.900. The van der Waals surface area contributed by atoms with Crippen LogP contribution in [0.4, 0.5) is 8.78 Å². The first-order chi connectivity index (χ1) is 11.5. The predicted molar refractivity (Wildman–Crippen MR) is 86.2 cm³/mol. The van der Waals surface area contributed by atoms with Gasteiger partial charge in [0.25, 0.3) is 0 Å². The van der Waals surface area contributed by atoms with E-state index in [-0.39, 0.29) is 5.56 Å². The molecule has 1 aromatic carbocycles. The van der Waals surface area contributed by atoms with Crippen molar-refractivity contribution in [2.45, 2.75) is 12.6 Å². The fourth-order valence-electron chi connectivity index (χ4n) is 3.05. The van der Waals surface area contributed by atoms with Crippen molar-refractivity contribution in [2.24, 2.45) is 7.05 Å². The minimum absolute atomic E-state index is 0.0211. The summed E-state index contributed by atoms with van der Waals surface area (Å²) in [7, 11) is 1.90. The van der Waals surface area contributed by atoms with Crippen LogP contribution >= 0.6 is 0 Å². The van der Waals surface area contributed by atoms with Gasteiger partial charge in [-0.05, 0) is 18.2 Å². The molecule has 2 aromatic rings. The lowest BCUT2D eigenvalue weighted by atomic mass is 10.1. The predicted octanol–water partition coefficient (Wildman–Crippen LogP) is 1.55. The third-order valence-corrected chi connectivity index (χ3v) is 4.38. The van der Waals surface area contributed by atoms with Gasteiger partial charge in [0, 0.05) is 63.6 Å². The molecule has 1 fully saturated rings. The molecule has 0 amide bonds. The van der Waals surface area contributed by atoms with Gasteiger partial charge in [-0.25, -0.2) is 8.78 Å². The number of aliphatic hydroxyl groups is 1. The second-order valence-electron chi connectivity index (χ2n) is 6.28. The molecule has 1 atom stereocenters. The summed E-state index contributed by atoms with van der Waals surface area (Å²) < 4.78 is 28.7. The molecule has 1 aliphatic heterocycles. The van der Waals surface area contributed by atoms with Crippen LogP contribution in [0.3, 0.4) is 0 Å².